The third kappa shape index (κ3) is 3.01. The molecule has 2 rings (SSSR count). The molecule has 0 saturated carbocycles. The molecule has 0 amide bonds. The summed E-state index contributed by atoms with van der Waals surface area (Å²) in [5.74, 6) is 0.609. The van der Waals surface area contributed by atoms with Crippen LogP contribution in [0.1, 0.15) is 19.8 Å². The van der Waals surface area contributed by atoms with Crippen molar-refractivity contribution in [1.82, 2.24) is 4.72 Å². The van der Waals surface area contributed by atoms with E-state index in [-0.39, 0.29) is 4.90 Å². The highest BCUT2D eigenvalue weighted by molar-refractivity contribution is 7.89. The van der Waals surface area contributed by atoms with E-state index in [2.05, 4.69) is 16.5 Å². The summed E-state index contributed by atoms with van der Waals surface area (Å²) in [7, 11) is -2.01. The monoisotopic (exact) mass is 283 g/mol. The van der Waals surface area contributed by atoms with Gasteiger partial charge in [0, 0.05) is 13.1 Å². The molecule has 0 spiro atoms. The lowest BCUT2D eigenvalue weighted by atomic mass is 9.99. The number of nitrogens with one attached hydrogen (secondary N) is 1. The molecule has 1 aliphatic heterocycles. The summed E-state index contributed by atoms with van der Waals surface area (Å²) in [6, 6.07) is 4.87. The van der Waals surface area contributed by atoms with Crippen LogP contribution in [0.15, 0.2) is 23.1 Å². The predicted octanol–water partition coefficient (Wildman–Crippen LogP) is 1.41. The van der Waals surface area contributed by atoms with E-state index in [1.807, 2.05) is 0 Å². The van der Waals surface area contributed by atoms with Crippen molar-refractivity contribution in [2.45, 2.75) is 24.7 Å². The summed E-state index contributed by atoms with van der Waals surface area (Å²) in [5, 5.41) is 0. The van der Waals surface area contributed by atoms with Crippen molar-refractivity contribution in [3.05, 3.63) is 18.2 Å². The van der Waals surface area contributed by atoms with Crippen molar-refractivity contribution in [2.24, 2.45) is 5.92 Å². The van der Waals surface area contributed by atoms with Gasteiger partial charge in [-0.15, -0.1) is 0 Å². The molecule has 0 aromatic heterocycles. The van der Waals surface area contributed by atoms with Gasteiger partial charge in [0.05, 0.1) is 16.3 Å². The van der Waals surface area contributed by atoms with Crippen LogP contribution in [0.2, 0.25) is 0 Å². The standard InChI is InChI=1S/C13H21N3O2S/c1-10-4-3-7-16(9-10)13-8-11(5-6-12(13)14)19(17,18)15-2/h5-6,8,10,15H,3-4,7,9,14H2,1-2H3. The molecule has 1 saturated heterocycles. The van der Waals surface area contributed by atoms with Crippen molar-refractivity contribution < 1.29 is 8.42 Å². The summed E-state index contributed by atoms with van der Waals surface area (Å²) >= 11 is 0. The van der Waals surface area contributed by atoms with Gasteiger partial charge in [-0.3, -0.25) is 0 Å². The Labute approximate surface area is 114 Å². The lowest BCUT2D eigenvalue weighted by Gasteiger charge is -2.33. The summed E-state index contributed by atoms with van der Waals surface area (Å²) in [6.07, 6.45) is 2.33. The number of nitrogen functional groups attached to an aromatic ring is 1. The summed E-state index contributed by atoms with van der Waals surface area (Å²) < 4.78 is 26.0. The third-order valence-corrected chi connectivity index (χ3v) is 4.99. The number of rotatable bonds is 3. The minimum Gasteiger partial charge on any atom is -0.397 e. The zero-order valence-corrected chi connectivity index (χ0v) is 12.2. The minimum absolute atomic E-state index is 0.262. The van der Waals surface area contributed by atoms with Gasteiger partial charge in [-0.05, 0) is 44.0 Å². The first kappa shape index (κ1) is 14.1. The van der Waals surface area contributed by atoms with E-state index in [4.69, 9.17) is 5.73 Å². The summed E-state index contributed by atoms with van der Waals surface area (Å²) in [4.78, 5) is 2.44. The van der Waals surface area contributed by atoms with Gasteiger partial charge in [0.1, 0.15) is 0 Å². The molecule has 5 nitrogen and oxygen atoms in total. The van der Waals surface area contributed by atoms with Crippen LogP contribution in [-0.2, 0) is 10.0 Å². The quantitative estimate of drug-likeness (QED) is 0.823. The fourth-order valence-corrected chi connectivity index (χ4v) is 3.24. The average Bonchev–Trinajstić information content (AvgIpc) is 2.39. The van der Waals surface area contributed by atoms with Gasteiger partial charge in [-0.2, -0.15) is 0 Å². The maximum absolute atomic E-state index is 11.8. The lowest BCUT2D eigenvalue weighted by molar-refractivity contribution is 0.447. The predicted molar refractivity (Wildman–Crippen MR) is 77.7 cm³/mol. The molecule has 0 aliphatic carbocycles. The molecule has 1 unspecified atom stereocenters. The highest BCUT2D eigenvalue weighted by Gasteiger charge is 2.20. The van der Waals surface area contributed by atoms with E-state index in [0.29, 0.717) is 11.6 Å². The van der Waals surface area contributed by atoms with Crippen LogP contribution in [0.4, 0.5) is 11.4 Å². The Bertz CT molecular complexity index is 557. The largest absolute Gasteiger partial charge is 0.397 e. The molecule has 1 heterocycles. The second-order valence-corrected chi connectivity index (χ2v) is 7.01. The Morgan fingerprint density at radius 1 is 1.42 bits per heavy atom. The molecular weight excluding hydrogens is 262 g/mol. The molecule has 106 valence electrons. The van der Waals surface area contributed by atoms with Crippen LogP contribution in [-0.4, -0.2) is 28.6 Å². The summed E-state index contributed by atoms with van der Waals surface area (Å²) in [6.45, 7) is 4.06. The Hall–Kier alpha value is -1.27. The highest BCUT2D eigenvalue weighted by Crippen LogP contribution is 2.30. The van der Waals surface area contributed by atoms with Crippen molar-refractivity contribution in [1.29, 1.82) is 0 Å². The Morgan fingerprint density at radius 3 is 2.79 bits per heavy atom. The number of sulfonamides is 1. The molecule has 3 N–H and O–H groups in total. The number of anilines is 2. The zero-order valence-electron chi connectivity index (χ0n) is 11.4. The van der Waals surface area contributed by atoms with Crippen molar-refractivity contribution in [2.75, 3.05) is 30.8 Å². The number of nitrogens with two attached hydrogens (primary N) is 1. The van der Waals surface area contributed by atoms with E-state index >= 15 is 0 Å². The maximum Gasteiger partial charge on any atom is 0.240 e. The van der Waals surface area contributed by atoms with E-state index < -0.39 is 10.0 Å². The molecule has 0 bridgehead atoms. The second-order valence-electron chi connectivity index (χ2n) is 5.12. The SMILES string of the molecule is CNS(=O)(=O)c1ccc(N)c(N2CCCC(C)C2)c1. The second kappa shape index (κ2) is 5.38. The molecule has 6 heteroatoms. The molecule has 0 radical (unpaired) electrons. The first-order valence-corrected chi connectivity index (χ1v) is 8.00. The first-order chi connectivity index (χ1) is 8.94. The molecule has 1 aromatic carbocycles. The fourth-order valence-electron chi connectivity index (χ4n) is 2.49. The molecule has 1 aromatic rings. The van der Waals surface area contributed by atoms with Crippen LogP contribution in [0.5, 0.6) is 0 Å². The summed E-state index contributed by atoms with van der Waals surface area (Å²) in [5.41, 5.74) is 7.44. The van der Waals surface area contributed by atoms with E-state index in [9.17, 15) is 8.42 Å². The number of hydrogen-bond acceptors (Lipinski definition) is 4. The van der Waals surface area contributed by atoms with Gasteiger partial charge < -0.3 is 10.6 Å². The normalized spacial score (nSPS) is 20.5. The van der Waals surface area contributed by atoms with Crippen LogP contribution >= 0.6 is 0 Å². The molecular formula is C13H21N3O2S. The fraction of sp³-hybridized carbons (Fsp3) is 0.538. The third-order valence-electron chi connectivity index (χ3n) is 3.58. The molecule has 1 fully saturated rings. The minimum atomic E-state index is -3.42. The van der Waals surface area contributed by atoms with Gasteiger partial charge in [0.15, 0.2) is 0 Å². The lowest BCUT2D eigenvalue weighted by Crippen LogP contribution is -2.34. The van der Waals surface area contributed by atoms with Gasteiger partial charge in [0.2, 0.25) is 10.0 Å². The van der Waals surface area contributed by atoms with Crippen LogP contribution in [0, 0.1) is 5.92 Å². The van der Waals surface area contributed by atoms with Crippen molar-refractivity contribution in [3.63, 3.8) is 0 Å². The van der Waals surface area contributed by atoms with Gasteiger partial charge in [0.25, 0.3) is 0 Å². The highest BCUT2D eigenvalue weighted by atomic mass is 32.2. The zero-order chi connectivity index (χ0) is 14.0. The Balaban J connectivity index is 2.37. The van der Waals surface area contributed by atoms with E-state index in [1.54, 1.807) is 12.1 Å². The number of piperidine rings is 1. The Kier molecular flexibility index (Phi) is 4.01. The van der Waals surface area contributed by atoms with E-state index in [1.165, 1.54) is 19.5 Å². The van der Waals surface area contributed by atoms with Crippen LogP contribution in [0.25, 0.3) is 0 Å². The van der Waals surface area contributed by atoms with E-state index in [0.717, 1.165) is 25.2 Å². The van der Waals surface area contributed by atoms with Crippen LogP contribution < -0.4 is 15.4 Å². The van der Waals surface area contributed by atoms with Gasteiger partial charge in [-0.25, -0.2) is 13.1 Å². The van der Waals surface area contributed by atoms with Gasteiger partial charge in [-0.1, -0.05) is 6.92 Å². The topological polar surface area (TPSA) is 75.4 Å². The Morgan fingerprint density at radius 2 is 2.16 bits per heavy atom. The van der Waals surface area contributed by atoms with Crippen molar-refractivity contribution >= 4 is 21.4 Å². The van der Waals surface area contributed by atoms with Crippen LogP contribution in [0.3, 0.4) is 0 Å². The van der Waals surface area contributed by atoms with Gasteiger partial charge >= 0.3 is 0 Å². The molecule has 1 atom stereocenters. The maximum atomic E-state index is 11.8. The number of nitrogens with zero attached hydrogens (tertiary/aromatic N) is 1. The van der Waals surface area contributed by atoms with Crippen molar-refractivity contribution in [3.8, 4) is 0 Å². The number of benzene rings is 1. The average molecular weight is 283 g/mol. The smallest absolute Gasteiger partial charge is 0.240 e. The first-order valence-electron chi connectivity index (χ1n) is 6.52. The molecule has 19 heavy (non-hydrogen) atoms. The number of hydrogen-bond donors (Lipinski definition) is 2. The molecule has 1 aliphatic rings.